The topological polar surface area (TPSA) is 76.7 Å². The Hall–Kier alpha value is -3.02. The lowest BCUT2D eigenvalue weighted by molar-refractivity contribution is 0.202. The first-order valence-electron chi connectivity index (χ1n) is 7.87. The van der Waals surface area contributed by atoms with Crippen molar-refractivity contribution >= 4 is 12.2 Å². The van der Waals surface area contributed by atoms with E-state index in [1.54, 1.807) is 24.3 Å². The van der Waals surface area contributed by atoms with Crippen molar-refractivity contribution in [2.75, 3.05) is 14.1 Å². The van der Waals surface area contributed by atoms with Crippen LogP contribution in [0.1, 0.15) is 25.0 Å². The lowest BCUT2D eigenvalue weighted by Crippen LogP contribution is -2.23. The molecule has 0 heterocycles. The van der Waals surface area contributed by atoms with Crippen LogP contribution < -0.4 is 20.1 Å². The second-order valence-corrected chi connectivity index (χ2v) is 5.95. The Kier molecular flexibility index (Phi) is 5.64. The minimum Gasteiger partial charge on any atom is -0.410 e. The zero-order chi connectivity index (χ0) is 18.4. The van der Waals surface area contributed by atoms with Crippen molar-refractivity contribution in [3.63, 3.8) is 0 Å². The van der Waals surface area contributed by atoms with Gasteiger partial charge in [0.1, 0.15) is 11.5 Å². The summed E-state index contributed by atoms with van der Waals surface area (Å²) < 4.78 is 10.2. The van der Waals surface area contributed by atoms with Gasteiger partial charge in [0.05, 0.1) is 0 Å². The minimum atomic E-state index is -0.501. The van der Waals surface area contributed by atoms with E-state index < -0.39 is 12.2 Å². The van der Waals surface area contributed by atoms with Gasteiger partial charge in [0.25, 0.3) is 0 Å². The molecule has 0 saturated heterocycles. The molecule has 6 heteroatoms. The highest BCUT2D eigenvalue weighted by Gasteiger charge is 2.23. The van der Waals surface area contributed by atoms with Crippen LogP contribution in [-0.4, -0.2) is 26.3 Å². The van der Waals surface area contributed by atoms with E-state index in [1.165, 1.54) is 14.1 Å². The molecule has 0 aliphatic heterocycles. The van der Waals surface area contributed by atoms with Gasteiger partial charge in [-0.15, -0.1) is 0 Å². The first-order valence-corrected chi connectivity index (χ1v) is 7.87. The molecule has 0 aliphatic rings. The van der Waals surface area contributed by atoms with Crippen LogP contribution in [0.2, 0.25) is 0 Å². The van der Waals surface area contributed by atoms with Gasteiger partial charge in [-0.3, -0.25) is 0 Å². The molecule has 2 rings (SSSR count). The maximum atomic E-state index is 11.2. The average molecular weight is 342 g/mol. The van der Waals surface area contributed by atoms with E-state index in [0.29, 0.717) is 11.5 Å². The Balaban J connectivity index is 2.17. The summed E-state index contributed by atoms with van der Waals surface area (Å²) in [5.41, 5.74) is 1.87. The van der Waals surface area contributed by atoms with Crippen LogP contribution in [0.25, 0.3) is 0 Å². The predicted molar refractivity (Wildman–Crippen MR) is 95.2 cm³/mol. The maximum absolute atomic E-state index is 11.2. The third-order valence-electron chi connectivity index (χ3n) is 3.98. The fourth-order valence-electron chi connectivity index (χ4n) is 2.36. The molecule has 0 aromatic heterocycles. The number of nitrogens with one attached hydrogen (secondary N) is 2. The predicted octanol–water partition coefficient (Wildman–Crippen LogP) is 3.45. The number of amides is 2. The van der Waals surface area contributed by atoms with Gasteiger partial charge >= 0.3 is 12.2 Å². The van der Waals surface area contributed by atoms with Gasteiger partial charge in [0.2, 0.25) is 0 Å². The molecule has 0 fully saturated rings. The number of hydrogen-bond donors (Lipinski definition) is 2. The standard InChI is InChI=1S/C19H22N2O4/c1-19(2,13-5-9-15(10-6-13)24-17(22)20-3)14-7-11-16(12-8-14)25-18(23)21-4/h5-12H,1-4H3,(H,20,22)(H,21,23). The van der Waals surface area contributed by atoms with Gasteiger partial charge in [0, 0.05) is 19.5 Å². The molecular weight excluding hydrogens is 320 g/mol. The largest absolute Gasteiger partial charge is 0.412 e. The number of rotatable bonds is 4. The SMILES string of the molecule is CNC(=O)Oc1ccc(C(C)(C)c2ccc(OC(=O)NC)cc2)cc1. The molecule has 0 bridgehead atoms. The van der Waals surface area contributed by atoms with Gasteiger partial charge in [-0.05, 0) is 35.4 Å². The fourth-order valence-corrected chi connectivity index (χ4v) is 2.36. The summed E-state index contributed by atoms with van der Waals surface area (Å²) in [5, 5.41) is 4.81. The van der Waals surface area contributed by atoms with Crippen LogP contribution in [0, 0.1) is 0 Å². The Bertz CT molecular complexity index is 674. The Morgan fingerprint density at radius 3 is 1.32 bits per heavy atom. The highest BCUT2D eigenvalue weighted by atomic mass is 16.6. The highest BCUT2D eigenvalue weighted by Crippen LogP contribution is 2.33. The second-order valence-electron chi connectivity index (χ2n) is 5.95. The number of hydrogen-bond acceptors (Lipinski definition) is 4. The second kappa shape index (κ2) is 7.70. The minimum absolute atomic E-state index is 0.267. The summed E-state index contributed by atoms with van der Waals surface area (Å²) in [6, 6.07) is 14.7. The van der Waals surface area contributed by atoms with Crippen LogP contribution in [0.5, 0.6) is 11.5 Å². The molecule has 0 unspecified atom stereocenters. The first-order chi connectivity index (χ1) is 11.9. The van der Waals surface area contributed by atoms with Crippen LogP contribution in [0.4, 0.5) is 9.59 Å². The summed E-state index contributed by atoms with van der Waals surface area (Å²) in [4.78, 5) is 22.5. The monoisotopic (exact) mass is 342 g/mol. The quantitative estimate of drug-likeness (QED) is 0.892. The van der Waals surface area contributed by atoms with E-state index in [0.717, 1.165) is 11.1 Å². The molecule has 2 aromatic carbocycles. The van der Waals surface area contributed by atoms with Crippen LogP contribution in [-0.2, 0) is 5.41 Å². The summed E-state index contributed by atoms with van der Waals surface area (Å²) in [5.74, 6) is 0.960. The summed E-state index contributed by atoms with van der Waals surface area (Å²) in [6.07, 6.45) is -1.00. The van der Waals surface area contributed by atoms with E-state index >= 15 is 0 Å². The van der Waals surface area contributed by atoms with Crippen molar-refractivity contribution in [2.45, 2.75) is 19.3 Å². The molecule has 0 spiro atoms. The lowest BCUT2D eigenvalue weighted by atomic mass is 9.78. The van der Waals surface area contributed by atoms with Crippen LogP contribution >= 0.6 is 0 Å². The van der Waals surface area contributed by atoms with E-state index in [1.807, 2.05) is 24.3 Å². The lowest BCUT2D eigenvalue weighted by Gasteiger charge is -2.26. The normalized spacial score (nSPS) is 10.7. The van der Waals surface area contributed by atoms with Crippen molar-refractivity contribution in [1.29, 1.82) is 0 Å². The molecule has 0 aliphatic carbocycles. The number of carbonyl (C=O) groups is 2. The number of ether oxygens (including phenoxy) is 2. The summed E-state index contributed by atoms with van der Waals surface area (Å²) in [6.45, 7) is 4.19. The highest BCUT2D eigenvalue weighted by molar-refractivity contribution is 5.70. The Morgan fingerprint density at radius 2 is 1.04 bits per heavy atom. The molecule has 132 valence electrons. The Morgan fingerprint density at radius 1 is 0.720 bits per heavy atom. The summed E-state index contributed by atoms with van der Waals surface area (Å²) in [7, 11) is 3.02. The third kappa shape index (κ3) is 4.50. The van der Waals surface area contributed by atoms with Gasteiger partial charge in [-0.2, -0.15) is 0 Å². The maximum Gasteiger partial charge on any atom is 0.412 e. The van der Waals surface area contributed by atoms with Crippen molar-refractivity contribution in [2.24, 2.45) is 0 Å². The molecule has 2 amide bonds. The Labute approximate surface area is 147 Å². The zero-order valence-electron chi connectivity index (χ0n) is 14.8. The van der Waals surface area contributed by atoms with Crippen molar-refractivity contribution in [3.05, 3.63) is 59.7 Å². The molecular formula is C19H22N2O4. The molecule has 6 nitrogen and oxygen atoms in total. The van der Waals surface area contributed by atoms with Gasteiger partial charge in [-0.1, -0.05) is 38.1 Å². The van der Waals surface area contributed by atoms with Crippen molar-refractivity contribution < 1.29 is 19.1 Å². The van der Waals surface area contributed by atoms with E-state index in [4.69, 9.17) is 9.47 Å². The molecule has 2 aromatic rings. The number of carbonyl (C=O) groups excluding carboxylic acids is 2. The first kappa shape index (κ1) is 18.3. The molecule has 0 saturated carbocycles. The van der Waals surface area contributed by atoms with Gasteiger partial charge < -0.3 is 20.1 Å². The molecule has 0 atom stereocenters. The third-order valence-corrected chi connectivity index (χ3v) is 3.98. The van der Waals surface area contributed by atoms with Gasteiger partial charge in [0.15, 0.2) is 0 Å². The zero-order valence-corrected chi connectivity index (χ0v) is 14.8. The molecule has 2 N–H and O–H groups in total. The van der Waals surface area contributed by atoms with E-state index in [9.17, 15) is 9.59 Å². The van der Waals surface area contributed by atoms with Crippen molar-refractivity contribution in [1.82, 2.24) is 10.6 Å². The van der Waals surface area contributed by atoms with E-state index in [2.05, 4.69) is 24.5 Å². The summed E-state index contributed by atoms with van der Waals surface area (Å²) >= 11 is 0. The van der Waals surface area contributed by atoms with Gasteiger partial charge in [-0.25, -0.2) is 9.59 Å². The smallest absolute Gasteiger partial charge is 0.410 e. The average Bonchev–Trinajstić information content (AvgIpc) is 2.62. The van der Waals surface area contributed by atoms with Crippen molar-refractivity contribution in [3.8, 4) is 11.5 Å². The molecule has 0 radical (unpaired) electrons. The van der Waals surface area contributed by atoms with E-state index in [-0.39, 0.29) is 5.41 Å². The molecule has 25 heavy (non-hydrogen) atoms. The number of benzene rings is 2. The fraction of sp³-hybridized carbons (Fsp3) is 0.263. The van der Waals surface area contributed by atoms with Crippen LogP contribution in [0.3, 0.4) is 0 Å². The van der Waals surface area contributed by atoms with Crippen LogP contribution in [0.15, 0.2) is 48.5 Å².